The summed E-state index contributed by atoms with van der Waals surface area (Å²) in [5.41, 5.74) is 1.06. The molecule has 3 aliphatic rings. The summed E-state index contributed by atoms with van der Waals surface area (Å²) in [6, 6.07) is 12.4. The van der Waals surface area contributed by atoms with Crippen LogP contribution in [0.2, 0.25) is 0 Å². The molecule has 0 unspecified atom stereocenters. The van der Waals surface area contributed by atoms with Gasteiger partial charge in [0.15, 0.2) is 18.1 Å². The Morgan fingerprint density at radius 3 is 2.49 bits per heavy atom. The van der Waals surface area contributed by atoms with Gasteiger partial charge >= 0.3 is 0 Å². The van der Waals surface area contributed by atoms with Gasteiger partial charge in [-0.25, -0.2) is 0 Å². The maximum atomic E-state index is 13.3. The highest BCUT2D eigenvalue weighted by Crippen LogP contribution is 2.29. The number of ether oxygens (including phenoxy) is 4. The van der Waals surface area contributed by atoms with Gasteiger partial charge in [-0.15, -0.1) is 0 Å². The number of hydrogen-bond donors (Lipinski definition) is 2. The zero-order chi connectivity index (χ0) is 28.0. The number of carbonyl (C=O) groups excluding carboxylic acids is 3. The van der Waals surface area contributed by atoms with Crippen LogP contribution in [0.3, 0.4) is 0 Å². The number of fused-ring (bicyclic) bond motifs is 9. The molecule has 3 aliphatic heterocycles. The van der Waals surface area contributed by atoms with Gasteiger partial charge in [0.05, 0.1) is 31.7 Å². The fraction of sp³-hybridized carbons (Fsp3) is 0.483. The summed E-state index contributed by atoms with van der Waals surface area (Å²) in [6.45, 7) is 4.83. The molecule has 0 aliphatic carbocycles. The summed E-state index contributed by atoms with van der Waals surface area (Å²) < 4.78 is 22.6. The zero-order valence-corrected chi connectivity index (χ0v) is 23.0. The molecule has 3 amide bonds. The van der Waals surface area contributed by atoms with E-state index < -0.39 is 11.5 Å². The number of aryl methyl sites for hydroxylation is 1. The molecule has 1 saturated heterocycles. The SMILES string of the molecule is COCC(C)(C)C(=O)N1C[C@@H]2NC(=O)CCc3ccc(OC)c(c3)OCC(=O)NCc3ccc(cc3)O[C@H]2C1. The van der Waals surface area contributed by atoms with Gasteiger partial charge in [-0.2, -0.15) is 0 Å². The highest BCUT2D eigenvalue weighted by atomic mass is 16.5. The van der Waals surface area contributed by atoms with Crippen LogP contribution in [0.1, 0.15) is 31.4 Å². The molecule has 4 bridgehead atoms. The zero-order valence-electron chi connectivity index (χ0n) is 23.0. The summed E-state index contributed by atoms with van der Waals surface area (Å²) in [7, 11) is 3.11. The third-order valence-corrected chi connectivity index (χ3v) is 6.91. The van der Waals surface area contributed by atoms with E-state index in [1.165, 1.54) is 7.11 Å². The van der Waals surface area contributed by atoms with Crippen LogP contribution in [0.25, 0.3) is 0 Å². The Kier molecular flexibility index (Phi) is 8.96. The molecule has 2 aromatic carbocycles. The van der Waals surface area contributed by atoms with E-state index in [4.69, 9.17) is 18.9 Å². The minimum atomic E-state index is -0.705. The second-order valence-electron chi connectivity index (χ2n) is 10.6. The average molecular weight is 540 g/mol. The second-order valence-corrected chi connectivity index (χ2v) is 10.6. The van der Waals surface area contributed by atoms with Crippen LogP contribution >= 0.6 is 0 Å². The fourth-order valence-corrected chi connectivity index (χ4v) is 4.83. The van der Waals surface area contributed by atoms with E-state index in [1.807, 2.05) is 44.2 Å². The number of nitrogens with one attached hydrogen (secondary N) is 2. The van der Waals surface area contributed by atoms with Crippen molar-refractivity contribution < 1.29 is 33.3 Å². The summed E-state index contributed by atoms with van der Waals surface area (Å²) in [5, 5.41) is 5.94. The van der Waals surface area contributed by atoms with E-state index in [1.54, 1.807) is 24.1 Å². The van der Waals surface area contributed by atoms with Crippen molar-refractivity contribution in [2.75, 3.05) is 40.5 Å². The van der Waals surface area contributed by atoms with Gasteiger partial charge in [-0.1, -0.05) is 18.2 Å². The van der Waals surface area contributed by atoms with Gasteiger partial charge in [-0.05, 0) is 55.7 Å². The lowest BCUT2D eigenvalue weighted by molar-refractivity contribution is -0.142. The predicted molar refractivity (Wildman–Crippen MR) is 144 cm³/mol. The topological polar surface area (TPSA) is 115 Å². The number of hydrogen-bond acceptors (Lipinski definition) is 7. The average Bonchev–Trinajstić information content (AvgIpc) is 3.30. The smallest absolute Gasteiger partial charge is 0.258 e. The normalized spacial score (nSPS) is 20.4. The summed E-state index contributed by atoms with van der Waals surface area (Å²) >= 11 is 0. The molecule has 0 saturated carbocycles. The minimum Gasteiger partial charge on any atom is -0.493 e. The highest BCUT2D eigenvalue weighted by Gasteiger charge is 2.42. The molecule has 10 heteroatoms. The van der Waals surface area contributed by atoms with Crippen molar-refractivity contribution in [1.29, 1.82) is 0 Å². The Labute approximate surface area is 228 Å². The van der Waals surface area contributed by atoms with E-state index in [9.17, 15) is 14.4 Å². The number of nitrogens with zero attached hydrogens (tertiary/aromatic N) is 1. The van der Waals surface area contributed by atoms with Crippen molar-refractivity contribution in [3.8, 4) is 17.2 Å². The maximum Gasteiger partial charge on any atom is 0.258 e. The first-order valence-corrected chi connectivity index (χ1v) is 13.1. The summed E-state index contributed by atoms with van der Waals surface area (Å²) in [4.78, 5) is 40.4. The van der Waals surface area contributed by atoms with Crippen molar-refractivity contribution >= 4 is 17.7 Å². The van der Waals surface area contributed by atoms with Gasteiger partial charge in [0.1, 0.15) is 11.9 Å². The van der Waals surface area contributed by atoms with Gasteiger partial charge in [0.2, 0.25) is 11.8 Å². The molecule has 1 fully saturated rings. The van der Waals surface area contributed by atoms with Crippen molar-refractivity contribution in [2.45, 2.75) is 45.4 Å². The van der Waals surface area contributed by atoms with Crippen LogP contribution in [0.15, 0.2) is 42.5 Å². The lowest BCUT2D eigenvalue weighted by atomic mass is 9.93. The van der Waals surface area contributed by atoms with E-state index >= 15 is 0 Å². The molecule has 10 nitrogen and oxygen atoms in total. The number of rotatable bonds is 4. The molecule has 2 N–H and O–H groups in total. The number of methoxy groups -OCH3 is 2. The molecule has 2 atom stereocenters. The van der Waals surface area contributed by atoms with Crippen molar-refractivity contribution in [2.24, 2.45) is 5.41 Å². The van der Waals surface area contributed by atoms with E-state index in [-0.39, 0.29) is 43.4 Å². The van der Waals surface area contributed by atoms with Crippen LogP contribution in [0.5, 0.6) is 17.2 Å². The number of likely N-dealkylation sites (tertiary alicyclic amines) is 1. The summed E-state index contributed by atoms with van der Waals surface area (Å²) in [6.07, 6.45) is 0.263. The maximum absolute atomic E-state index is 13.3. The van der Waals surface area contributed by atoms with E-state index in [2.05, 4.69) is 10.6 Å². The van der Waals surface area contributed by atoms with Crippen LogP contribution in [-0.2, 0) is 32.1 Å². The first kappa shape index (κ1) is 28.2. The van der Waals surface area contributed by atoms with Crippen molar-refractivity contribution in [3.63, 3.8) is 0 Å². The Bertz CT molecular complexity index is 1180. The molecular weight excluding hydrogens is 502 g/mol. The van der Waals surface area contributed by atoms with Crippen LogP contribution in [0, 0.1) is 5.41 Å². The molecule has 2 aromatic rings. The highest BCUT2D eigenvalue weighted by molar-refractivity contribution is 5.83. The second kappa shape index (κ2) is 12.4. The molecule has 0 aromatic heterocycles. The monoisotopic (exact) mass is 539 g/mol. The standard InChI is InChI=1S/C29H37N3O7/c1-29(2,18-36-3)28(35)32-15-22-25(16-32)39-21-9-5-20(6-10-21)14-30-27(34)17-38-24-13-19(7-11-23(24)37-4)8-12-26(33)31-22/h5-7,9-11,13,22,25H,8,12,14-18H2,1-4H3,(H,30,34)(H,31,33)/t22-,25-/m0/s1. The summed E-state index contributed by atoms with van der Waals surface area (Å²) in [5.74, 6) is 1.08. The molecule has 0 radical (unpaired) electrons. The van der Waals surface area contributed by atoms with Gasteiger partial charge in [0.25, 0.3) is 5.91 Å². The van der Waals surface area contributed by atoms with Gasteiger partial charge < -0.3 is 34.5 Å². The lowest BCUT2D eigenvalue weighted by Crippen LogP contribution is -2.46. The number of benzene rings is 2. The Balaban J connectivity index is 1.57. The molecule has 3 heterocycles. The van der Waals surface area contributed by atoms with E-state index in [0.29, 0.717) is 43.3 Å². The number of carbonyl (C=O) groups is 3. The number of amides is 3. The molecule has 0 spiro atoms. The predicted octanol–water partition coefficient (Wildman–Crippen LogP) is 2.08. The fourth-order valence-electron chi connectivity index (χ4n) is 4.83. The van der Waals surface area contributed by atoms with E-state index in [0.717, 1.165) is 11.1 Å². The molecule has 5 rings (SSSR count). The molecule has 210 valence electrons. The third kappa shape index (κ3) is 7.20. The first-order valence-electron chi connectivity index (χ1n) is 13.1. The molecular formula is C29H37N3O7. The lowest BCUT2D eigenvalue weighted by Gasteiger charge is -2.28. The third-order valence-electron chi connectivity index (χ3n) is 6.91. The van der Waals surface area contributed by atoms with Crippen LogP contribution in [0.4, 0.5) is 0 Å². The Hall–Kier alpha value is -3.79. The van der Waals surface area contributed by atoms with Crippen LogP contribution in [-0.4, -0.2) is 75.3 Å². The largest absolute Gasteiger partial charge is 0.493 e. The minimum absolute atomic E-state index is 0.0546. The quantitative estimate of drug-likeness (QED) is 0.611. The molecule has 39 heavy (non-hydrogen) atoms. The van der Waals surface area contributed by atoms with Crippen molar-refractivity contribution in [1.82, 2.24) is 15.5 Å². The van der Waals surface area contributed by atoms with Crippen LogP contribution < -0.4 is 24.8 Å². The Morgan fingerprint density at radius 2 is 1.77 bits per heavy atom. The van der Waals surface area contributed by atoms with Gasteiger partial charge in [-0.3, -0.25) is 14.4 Å². The van der Waals surface area contributed by atoms with Crippen molar-refractivity contribution in [3.05, 3.63) is 53.6 Å². The first-order chi connectivity index (χ1) is 18.7. The Morgan fingerprint density at radius 1 is 1.03 bits per heavy atom. The van der Waals surface area contributed by atoms with Gasteiger partial charge in [0, 0.05) is 26.6 Å².